The molecule has 0 aliphatic rings. The number of carboxylic acids is 1. The van der Waals surface area contributed by atoms with Crippen LogP contribution >= 0.6 is 0 Å². The van der Waals surface area contributed by atoms with Crippen molar-refractivity contribution in [1.29, 1.82) is 0 Å². The van der Waals surface area contributed by atoms with Crippen LogP contribution < -0.4 is 10.5 Å². The summed E-state index contributed by atoms with van der Waals surface area (Å²) in [5.41, 5.74) is 5.94. The fraction of sp³-hybridized carbons (Fsp3) is 0.364. The van der Waals surface area contributed by atoms with Crippen LogP contribution in [-0.2, 0) is 11.3 Å². The van der Waals surface area contributed by atoms with E-state index in [-0.39, 0.29) is 12.3 Å². The van der Waals surface area contributed by atoms with E-state index in [1.54, 1.807) is 6.92 Å². The number of halogens is 1. The molecule has 0 radical (unpaired) electrons. The topological polar surface area (TPSA) is 72.5 Å². The SMILES string of the molecule is CCC(Oc1cc(F)cc(CN)c1)C(=O)O. The lowest BCUT2D eigenvalue weighted by Gasteiger charge is -2.13. The molecule has 0 heterocycles. The van der Waals surface area contributed by atoms with Gasteiger partial charge in [0.25, 0.3) is 0 Å². The van der Waals surface area contributed by atoms with Crippen LogP contribution in [0.15, 0.2) is 18.2 Å². The van der Waals surface area contributed by atoms with E-state index in [0.29, 0.717) is 12.0 Å². The van der Waals surface area contributed by atoms with Crippen LogP contribution in [0.1, 0.15) is 18.9 Å². The van der Waals surface area contributed by atoms with E-state index < -0.39 is 17.9 Å². The third-order valence-electron chi connectivity index (χ3n) is 2.09. The number of rotatable bonds is 5. The van der Waals surface area contributed by atoms with Gasteiger partial charge < -0.3 is 15.6 Å². The molecular formula is C11H14FNO3. The smallest absolute Gasteiger partial charge is 0.344 e. The molecule has 0 saturated heterocycles. The van der Waals surface area contributed by atoms with Crippen molar-refractivity contribution in [2.75, 3.05) is 0 Å². The Bertz CT molecular complexity index is 381. The maximum absolute atomic E-state index is 13.1. The normalized spacial score (nSPS) is 12.2. The minimum Gasteiger partial charge on any atom is -0.479 e. The molecule has 1 aromatic carbocycles. The summed E-state index contributed by atoms with van der Waals surface area (Å²) in [7, 11) is 0. The van der Waals surface area contributed by atoms with Gasteiger partial charge in [0.1, 0.15) is 11.6 Å². The fourth-order valence-corrected chi connectivity index (χ4v) is 1.28. The first kappa shape index (κ1) is 12.4. The number of nitrogens with two attached hydrogens (primary N) is 1. The van der Waals surface area contributed by atoms with Crippen LogP contribution in [0.5, 0.6) is 5.75 Å². The van der Waals surface area contributed by atoms with Crippen LogP contribution in [0, 0.1) is 5.82 Å². The van der Waals surface area contributed by atoms with Crippen LogP contribution in [0.25, 0.3) is 0 Å². The zero-order chi connectivity index (χ0) is 12.1. The maximum Gasteiger partial charge on any atom is 0.344 e. The van der Waals surface area contributed by atoms with Gasteiger partial charge in [-0.3, -0.25) is 0 Å². The molecule has 0 aromatic heterocycles. The average Bonchev–Trinajstić information content (AvgIpc) is 2.24. The Hall–Kier alpha value is -1.62. The number of hydrogen-bond donors (Lipinski definition) is 2. The van der Waals surface area contributed by atoms with Gasteiger partial charge in [-0.15, -0.1) is 0 Å². The molecule has 0 bridgehead atoms. The summed E-state index contributed by atoms with van der Waals surface area (Å²) < 4.78 is 18.2. The van der Waals surface area contributed by atoms with Crippen LogP contribution in [0.4, 0.5) is 4.39 Å². The number of aliphatic carboxylic acids is 1. The molecule has 5 heteroatoms. The fourth-order valence-electron chi connectivity index (χ4n) is 1.28. The van der Waals surface area contributed by atoms with E-state index in [2.05, 4.69) is 0 Å². The highest BCUT2D eigenvalue weighted by molar-refractivity contribution is 5.72. The quantitative estimate of drug-likeness (QED) is 0.800. The van der Waals surface area contributed by atoms with Crippen LogP contribution in [0.3, 0.4) is 0 Å². The molecule has 88 valence electrons. The van der Waals surface area contributed by atoms with Crippen LogP contribution in [-0.4, -0.2) is 17.2 Å². The molecule has 1 unspecified atom stereocenters. The molecular weight excluding hydrogens is 213 g/mol. The number of hydrogen-bond acceptors (Lipinski definition) is 3. The summed E-state index contributed by atoms with van der Waals surface area (Å²) in [6, 6.07) is 3.97. The Balaban J connectivity index is 2.87. The highest BCUT2D eigenvalue weighted by atomic mass is 19.1. The molecule has 0 aliphatic carbocycles. The third kappa shape index (κ3) is 3.20. The van der Waals surface area contributed by atoms with Gasteiger partial charge in [-0.1, -0.05) is 6.92 Å². The molecule has 0 aliphatic heterocycles. The van der Waals surface area contributed by atoms with Crippen LogP contribution in [0.2, 0.25) is 0 Å². The Morgan fingerprint density at radius 1 is 1.56 bits per heavy atom. The van der Waals surface area contributed by atoms with Crippen molar-refractivity contribution < 1.29 is 19.0 Å². The van der Waals surface area contributed by atoms with Crippen molar-refractivity contribution >= 4 is 5.97 Å². The Kier molecular flexibility index (Phi) is 4.25. The summed E-state index contributed by atoms with van der Waals surface area (Å²) in [6.45, 7) is 1.86. The number of carbonyl (C=O) groups is 1. The van der Waals surface area contributed by atoms with E-state index in [4.69, 9.17) is 15.6 Å². The van der Waals surface area contributed by atoms with E-state index in [1.807, 2.05) is 0 Å². The number of ether oxygens (including phenoxy) is 1. The van der Waals surface area contributed by atoms with E-state index in [9.17, 15) is 9.18 Å². The first-order chi connectivity index (χ1) is 7.56. The maximum atomic E-state index is 13.1. The van der Waals surface area contributed by atoms with Gasteiger partial charge >= 0.3 is 5.97 Å². The van der Waals surface area contributed by atoms with Crippen molar-refractivity contribution in [2.24, 2.45) is 5.73 Å². The van der Waals surface area contributed by atoms with Gasteiger partial charge in [-0.05, 0) is 24.1 Å². The summed E-state index contributed by atoms with van der Waals surface area (Å²) >= 11 is 0. The minimum atomic E-state index is -1.07. The second-order valence-electron chi connectivity index (χ2n) is 3.35. The van der Waals surface area contributed by atoms with Gasteiger partial charge in [0.05, 0.1) is 0 Å². The molecule has 0 spiro atoms. The van der Waals surface area contributed by atoms with Crippen molar-refractivity contribution in [1.82, 2.24) is 0 Å². The summed E-state index contributed by atoms with van der Waals surface area (Å²) in [5.74, 6) is -1.37. The predicted octanol–water partition coefficient (Wildman–Crippen LogP) is 1.53. The molecule has 1 atom stereocenters. The summed E-state index contributed by atoms with van der Waals surface area (Å²) in [4.78, 5) is 10.7. The predicted molar refractivity (Wildman–Crippen MR) is 56.6 cm³/mol. The Morgan fingerprint density at radius 2 is 2.25 bits per heavy atom. The zero-order valence-corrected chi connectivity index (χ0v) is 8.94. The molecule has 4 nitrogen and oxygen atoms in total. The van der Waals surface area contributed by atoms with Gasteiger partial charge in [0.2, 0.25) is 0 Å². The van der Waals surface area contributed by atoms with E-state index in [0.717, 1.165) is 6.07 Å². The lowest BCUT2D eigenvalue weighted by Crippen LogP contribution is -2.26. The van der Waals surface area contributed by atoms with Gasteiger partial charge in [-0.2, -0.15) is 0 Å². The van der Waals surface area contributed by atoms with E-state index >= 15 is 0 Å². The molecule has 1 rings (SSSR count). The van der Waals surface area contributed by atoms with Gasteiger partial charge in [-0.25, -0.2) is 9.18 Å². The number of carboxylic acid groups (broad SMARTS) is 1. The van der Waals surface area contributed by atoms with Crippen molar-refractivity contribution in [3.63, 3.8) is 0 Å². The molecule has 3 N–H and O–H groups in total. The second kappa shape index (κ2) is 5.46. The van der Waals surface area contributed by atoms with Gasteiger partial charge in [0.15, 0.2) is 6.10 Å². The third-order valence-corrected chi connectivity index (χ3v) is 2.09. The molecule has 1 aromatic rings. The largest absolute Gasteiger partial charge is 0.479 e. The van der Waals surface area contributed by atoms with Gasteiger partial charge in [0, 0.05) is 12.6 Å². The van der Waals surface area contributed by atoms with E-state index in [1.165, 1.54) is 12.1 Å². The highest BCUT2D eigenvalue weighted by Gasteiger charge is 2.17. The lowest BCUT2D eigenvalue weighted by atomic mass is 10.2. The average molecular weight is 227 g/mol. The van der Waals surface area contributed by atoms with Crippen molar-refractivity contribution in [2.45, 2.75) is 26.0 Å². The highest BCUT2D eigenvalue weighted by Crippen LogP contribution is 2.18. The Morgan fingerprint density at radius 3 is 2.75 bits per heavy atom. The second-order valence-corrected chi connectivity index (χ2v) is 3.35. The standard InChI is InChI=1S/C11H14FNO3/c1-2-10(11(14)15)16-9-4-7(6-13)3-8(12)5-9/h3-5,10H,2,6,13H2,1H3,(H,14,15). The monoisotopic (exact) mass is 227 g/mol. The first-order valence-corrected chi connectivity index (χ1v) is 4.95. The molecule has 0 amide bonds. The summed E-state index contributed by atoms with van der Waals surface area (Å²) in [5, 5.41) is 8.79. The zero-order valence-electron chi connectivity index (χ0n) is 8.94. The minimum absolute atomic E-state index is 0.179. The van der Waals surface area contributed by atoms with Crippen molar-refractivity contribution in [3.8, 4) is 5.75 Å². The Labute approximate surface area is 92.8 Å². The first-order valence-electron chi connectivity index (χ1n) is 4.95. The lowest BCUT2D eigenvalue weighted by molar-refractivity contribution is -0.145. The summed E-state index contributed by atoms with van der Waals surface area (Å²) in [6.07, 6.45) is -0.656. The molecule has 16 heavy (non-hydrogen) atoms. The molecule has 0 fully saturated rings. The molecule has 0 saturated carbocycles. The van der Waals surface area contributed by atoms with Crippen molar-refractivity contribution in [3.05, 3.63) is 29.6 Å². The number of benzene rings is 1.